The van der Waals surface area contributed by atoms with Gasteiger partial charge in [0.05, 0.1) is 6.54 Å². The van der Waals surface area contributed by atoms with Gasteiger partial charge in [-0.1, -0.05) is 0 Å². The number of hydrogen-bond donors (Lipinski definition) is 1. The molecule has 1 unspecified atom stereocenters. The van der Waals surface area contributed by atoms with Crippen molar-refractivity contribution in [2.75, 3.05) is 13.1 Å². The summed E-state index contributed by atoms with van der Waals surface area (Å²) < 4.78 is 7.51. The molecule has 2 aromatic heterocycles. The number of nitrogens with zero attached hydrogens (tertiary/aromatic N) is 3. The molecule has 1 spiro atoms. The summed E-state index contributed by atoms with van der Waals surface area (Å²) in [6, 6.07) is 4.30. The van der Waals surface area contributed by atoms with E-state index in [0.717, 1.165) is 26.1 Å². The van der Waals surface area contributed by atoms with E-state index in [1.54, 1.807) is 0 Å². The Bertz CT molecular complexity index is 855. The average Bonchev–Trinajstić information content (AvgIpc) is 3.11. The minimum atomic E-state index is -0.672. The highest BCUT2D eigenvalue weighted by molar-refractivity contribution is 7.11. The van der Waals surface area contributed by atoms with Gasteiger partial charge in [-0.2, -0.15) is 5.10 Å². The smallest absolute Gasteiger partial charge is 0.330 e. The highest BCUT2D eigenvalue weighted by atomic mass is 32.1. The minimum Gasteiger partial charge on any atom is -0.364 e. The number of aryl methyl sites for hydroxylation is 1. The second-order valence-corrected chi connectivity index (χ2v) is 7.68. The third-order valence-corrected chi connectivity index (χ3v) is 5.55. The normalized spacial score (nSPS) is 24.2. The number of nitrogens with one attached hydrogen (secondary N) is 1. The fourth-order valence-corrected chi connectivity index (χ4v) is 4.32. The third-order valence-electron chi connectivity index (χ3n) is 4.56. The van der Waals surface area contributed by atoms with Crippen LogP contribution in [0.15, 0.2) is 21.7 Å². The van der Waals surface area contributed by atoms with Crippen LogP contribution < -0.4 is 11.1 Å². The van der Waals surface area contributed by atoms with E-state index in [0.29, 0.717) is 12.4 Å². The van der Waals surface area contributed by atoms with Crippen molar-refractivity contribution in [1.82, 2.24) is 19.7 Å². The maximum Gasteiger partial charge on any atom is 0.330 e. The summed E-state index contributed by atoms with van der Waals surface area (Å²) in [4.78, 5) is 28.5. The van der Waals surface area contributed by atoms with E-state index in [-0.39, 0.29) is 6.61 Å². The van der Waals surface area contributed by atoms with E-state index in [1.807, 2.05) is 11.3 Å². The van der Waals surface area contributed by atoms with E-state index in [9.17, 15) is 9.59 Å². The molecular formula is C15H18N4O3S. The summed E-state index contributed by atoms with van der Waals surface area (Å²) in [7, 11) is 0. The predicted molar refractivity (Wildman–Crippen MR) is 85.6 cm³/mol. The van der Waals surface area contributed by atoms with Gasteiger partial charge in [0.2, 0.25) is 0 Å². The molecule has 7 nitrogen and oxygen atoms in total. The molecule has 4 rings (SSSR count). The first-order chi connectivity index (χ1) is 11.0. The lowest BCUT2D eigenvalue weighted by Gasteiger charge is -2.34. The van der Waals surface area contributed by atoms with Gasteiger partial charge < -0.3 is 4.74 Å². The largest absolute Gasteiger partial charge is 0.364 e. The number of likely N-dealkylation sites (tertiary alicyclic amines) is 1. The lowest BCUT2D eigenvalue weighted by molar-refractivity contribution is -0.0853. The molecule has 1 saturated heterocycles. The molecule has 2 aliphatic heterocycles. The van der Waals surface area contributed by atoms with Crippen LogP contribution in [0.5, 0.6) is 0 Å². The fourth-order valence-electron chi connectivity index (χ4n) is 3.39. The van der Waals surface area contributed by atoms with Crippen molar-refractivity contribution in [3.8, 4) is 0 Å². The van der Waals surface area contributed by atoms with Crippen molar-refractivity contribution in [3.63, 3.8) is 0 Å². The Kier molecular flexibility index (Phi) is 3.47. The van der Waals surface area contributed by atoms with Gasteiger partial charge in [0.1, 0.15) is 12.2 Å². The molecule has 23 heavy (non-hydrogen) atoms. The number of aromatic nitrogens is 3. The zero-order valence-electron chi connectivity index (χ0n) is 12.9. The molecular weight excluding hydrogens is 316 g/mol. The Morgan fingerprint density at radius 2 is 2.26 bits per heavy atom. The van der Waals surface area contributed by atoms with Crippen molar-refractivity contribution in [1.29, 1.82) is 0 Å². The van der Waals surface area contributed by atoms with Gasteiger partial charge >= 0.3 is 11.1 Å². The third kappa shape index (κ3) is 2.66. The van der Waals surface area contributed by atoms with Crippen LogP contribution in [-0.4, -0.2) is 38.4 Å². The molecule has 122 valence electrons. The number of rotatable bonds is 2. The highest BCUT2D eigenvalue weighted by Gasteiger charge is 2.43. The molecule has 0 aromatic carbocycles. The first-order valence-electron chi connectivity index (χ1n) is 7.65. The molecule has 1 fully saturated rings. The molecule has 1 atom stereocenters. The quantitative estimate of drug-likeness (QED) is 0.808. The van der Waals surface area contributed by atoms with Crippen LogP contribution in [0, 0.1) is 6.92 Å². The van der Waals surface area contributed by atoms with Crippen LogP contribution in [0.3, 0.4) is 0 Å². The minimum absolute atomic E-state index is 0.262. The molecule has 8 heteroatoms. The van der Waals surface area contributed by atoms with Crippen LogP contribution in [0.2, 0.25) is 0 Å². The van der Waals surface area contributed by atoms with Crippen molar-refractivity contribution >= 4 is 11.3 Å². The Morgan fingerprint density at radius 3 is 3.04 bits per heavy atom. The van der Waals surface area contributed by atoms with Gasteiger partial charge in [0.15, 0.2) is 5.82 Å². The number of fused-ring (bicyclic) bond motifs is 1. The van der Waals surface area contributed by atoms with Gasteiger partial charge in [0.25, 0.3) is 0 Å². The van der Waals surface area contributed by atoms with Crippen LogP contribution in [-0.2, 0) is 24.4 Å². The zero-order valence-corrected chi connectivity index (χ0v) is 13.7. The SMILES string of the molecule is Cc1ccc(CN2CCC3(C2)Cn2c(n[nH]c(=O)c2=O)CO3)s1. The first-order valence-corrected chi connectivity index (χ1v) is 8.46. The molecule has 0 radical (unpaired) electrons. The van der Waals surface area contributed by atoms with Gasteiger partial charge in [0, 0.05) is 29.4 Å². The second kappa shape index (κ2) is 5.40. The Labute approximate surface area is 136 Å². The number of aromatic amines is 1. The molecule has 0 bridgehead atoms. The molecule has 2 aromatic rings. The van der Waals surface area contributed by atoms with Gasteiger partial charge in [-0.3, -0.25) is 19.1 Å². The predicted octanol–water partition coefficient (Wildman–Crippen LogP) is 0.476. The summed E-state index contributed by atoms with van der Waals surface area (Å²) in [6.45, 7) is 5.37. The number of thiophene rings is 1. The van der Waals surface area contributed by atoms with Gasteiger partial charge in [-0.25, -0.2) is 5.10 Å². The van der Waals surface area contributed by atoms with Crippen molar-refractivity contribution in [2.45, 2.75) is 38.6 Å². The van der Waals surface area contributed by atoms with Crippen molar-refractivity contribution in [3.05, 3.63) is 48.4 Å². The maximum atomic E-state index is 12.0. The van der Waals surface area contributed by atoms with E-state index in [2.05, 4.69) is 34.2 Å². The maximum absolute atomic E-state index is 12.0. The van der Waals surface area contributed by atoms with E-state index in [4.69, 9.17) is 4.74 Å². The van der Waals surface area contributed by atoms with Crippen molar-refractivity contribution < 1.29 is 4.74 Å². The second-order valence-electron chi connectivity index (χ2n) is 6.30. The van der Waals surface area contributed by atoms with Crippen LogP contribution in [0.25, 0.3) is 0 Å². The Balaban J connectivity index is 1.53. The highest BCUT2D eigenvalue weighted by Crippen LogP contribution is 2.32. The monoisotopic (exact) mass is 334 g/mol. The van der Waals surface area contributed by atoms with E-state index in [1.165, 1.54) is 14.3 Å². The van der Waals surface area contributed by atoms with Crippen molar-refractivity contribution in [2.24, 2.45) is 0 Å². The molecule has 0 saturated carbocycles. The lowest BCUT2D eigenvalue weighted by atomic mass is 10.0. The van der Waals surface area contributed by atoms with E-state index >= 15 is 0 Å². The number of hydrogen-bond acceptors (Lipinski definition) is 6. The van der Waals surface area contributed by atoms with Gasteiger partial charge in [-0.15, -0.1) is 11.3 Å². The Hall–Kier alpha value is -1.77. The van der Waals surface area contributed by atoms with Crippen LogP contribution in [0.4, 0.5) is 0 Å². The topological polar surface area (TPSA) is 80.2 Å². The van der Waals surface area contributed by atoms with Crippen LogP contribution in [0.1, 0.15) is 22.0 Å². The molecule has 0 amide bonds. The number of H-pyrrole nitrogens is 1. The average molecular weight is 334 g/mol. The summed E-state index contributed by atoms with van der Waals surface area (Å²) in [6.07, 6.45) is 0.857. The Morgan fingerprint density at radius 1 is 1.39 bits per heavy atom. The fraction of sp³-hybridized carbons (Fsp3) is 0.533. The van der Waals surface area contributed by atoms with Gasteiger partial charge in [-0.05, 0) is 25.5 Å². The first kappa shape index (κ1) is 14.8. The summed E-state index contributed by atoms with van der Waals surface area (Å²) >= 11 is 1.81. The number of ether oxygens (including phenoxy) is 1. The summed E-state index contributed by atoms with van der Waals surface area (Å²) in [5.74, 6) is 0.493. The molecule has 2 aliphatic rings. The summed E-state index contributed by atoms with van der Waals surface area (Å²) in [5.41, 5.74) is -1.60. The van der Waals surface area contributed by atoms with E-state index < -0.39 is 16.7 Å². The molecule has 4 heterocycles. The summed E-state index contributed by atoms with van der Waals surface area (Å²) in [5, 5.41) is 6.13. The zero-order chi connectivity index (χ0) is 16.0. The molecule has 1 N–H and O–H groups in total. The lowest BCUT2D eigenvalue weighted by Crippen LogP contribution is -2.51. The standard InChI is InChI=1S/C15H18N4O3S/c1-10-2-3-11(23-10)6-18-5-4-15(8-18)9-19-12(7-22-15)16-17-13(20)14(19)21/h2-3H,4-9H2,1H3,(H,17,20). The molecule has 0 aliphatic carbocycles. The van der Waals surface area contributed by atoms with Crippen LogP contribution >= 0.6 is 11.3 Å².